The fourth-order valence-electron chi connectivity index (χ4n) is 4.49. The predicted molar refractivity (Wildman–Crippen MR) is 145 cm³/mol. The molecule has 4 aromatic rings. The number of hydrogen-bond acceptors (Lipinski definition) is 4. The van der Waals surface area contributed by atoms with Crippen LogP contribution in [0, 0.1) is 0 Å². The van der Waals surface area contributed by atoms with Crippen molar-refractivity contribution in [3.63, 3.8) is 0 Å². The maximum atomic E-state index is 12.4. The Morgan fingerprint density at radius 1 is 1.03 bits per heavy atom. The molecule has 0 unspecified atom stereocenters. The molecule has 2 atom stereocenters. The lowest BCUT2D eigenvalue weighted by atomic mass is 10.0. The summed E-state index contributed by atoms with van der Waals surface area (Å²) in [6.07, 6.45) is 3.89. The zero-order chi connectivity index (χ0) is 24.9. The number of carbonyl (C=O) groups is 1. The number of ether oxygens (including phenoxy) is 1. The largest absolute Gasteiger partial charge is 0.484 e. The number of amides is 1. The first-order valence-corrected chi connectivity index (χ1v) is 12.3. The monoisotopic (exact) mass is 497 g/mol. The average molecular weight is 498 g/mol. The number of nitrogens with zero attached hydrogens (tertiary/aromatic N) is 3. The molecule has 3 heterocycles. The molecule has 0 spiro atoms. The van der Waals surface area contributed by atoms with E-state index < -0.39 is 0 Å². The molecule has 7 nitrogen and oxygen atoms in total. The normalized spacial score (nSPS) is 17.0. The molecule has 2 aromatic carbocycles. The van der Waals surface area contributed by atoms with Crippen molar-refractivity contribution < 1.29 is 9.53 Å². The highest BCUT2D eigenvalue weighted by Crippen LogP contribution is 2.41. The molecule has 2 aromatic heterocycles. The van der Waals surface area contributed by atoms with Gasteiger partial charge in [0.15, 0.2) is 11.7 Å². The van der Waals surface area contributed by atoms with Gasteiger partial charge in [-0.25, -0.2) is 0 Å². The molecule has 182 valence electrons. The smallest absolute Gasteiger partial charge is 0.262 e. The van der Waals surface area contributed by atoms with Gasteiger partial charge < -0.3 is 24.8 Å². The van der Waals surface area contributed by atoms with Crippen molar-refractivity contribution >= 4 is 34.6 Å². The van der Waals surface area contributed by atoms with E-state index in [1.54, 1.807) is 6.20 Å². The van der Waals surface area contributed by atoms with E-state index in [1.807, 2.05) is 72.8 Å². The molecular weight excluding hydrogens is 470 g/mol. The molecule has 0 saturated carbocycles. The first-order valence-electron chi connectivity index (χ1n) is 11.9. The van der Waals surface area contributed by atoms with Crippen LogP contribution in [0.3, 0.4) is 0 Å². The summed E-state index contributed by atoms with van der Waals surface area (Å²) < 4.78 is 7.76. The van der Waals surface area contributed by atoms with Crippen LogP contribution >= 0.6 is 12.2 Å². The highest BCUT2D eigenvalue weighted by Gasteiger charge is 2.41. The number of aromatic nitrogens is 2. The van der Waals surface area contributed by atoms with Crippen molar-refractivity contribution in [3.05, 3.63) is 109 Å². The second-order valence-corrected chi connectivity index (χ2v) is 8.80. The van der Waals surface area contributed by atoms with Crippen molar-refractivity contribution in [1.82, 2.24) is 14.9 Å². The Morgan fingerprint density at radius 3 is 2.53 bits per heavy atom. The van der Waals surface area contributed by atoms with Crippen LogP contribution in [0.2, 0.25) is 0 Å². The third kappa shape index (κ3) is 4.94. The number of aryl methyl sites for hydroxylation is 1. The van der Waals surface area contributed by atoms with Gasteiger partial charge in [-0.2, -0.15) is 0 Å². The zero-order valence-electron chi connectivity index (χ0n) is 19.9. The number of rotatable bonds is 8. The van der Waals surface area contributed by atoms with E-state index in [4.69, 9.17) is 17.0 Å². The van der Waals surface area contributed by atoms with E-state index in [2.05, 4.69) is 50.3 Å². The minimum Gasteiger partial charge on any atom is -0.484 e. The molecule has 1 aliphatic heterocycles. The van der Waals surface area contributed by atoms with E-state index in [1.165, 1.54) is 0 Å². The molecule has 1 saturated heterocycles. The quantitative estimate of drug-likeness (QED) is 0.330. The van der Waals surface area contributed by atoms with Crippen LogP contribution in [0.15, 0.2) is 97.3 Å². The molecular formula is C28H27N5O2S. The number of nitrogens with one attached hydrogen (secondary N) is 2. The first-order chi connectivity index (χ1) is 17.6. The van der Waals surface area contributed by atoms with Crippen molar-refractivity contribution in [2.24, 2.45) is 0 Å². The highest BCUT2D eigenvalue weighted by atomic mass is 32.1. The molecule has 1 aliphatic rings. The summed E-state index contributed by atoms with van der Waals surface area (Å²) in [6, 6.07) is 26.9. The van der Waals surface area contributed by atoms with Gasteiger partial charge in [-0.15, -0.1) is 0 Å². The molecule has 8 heteroatoms. The number of benzene rings is 2. The topological polar surface area (TPSA) is 71.4 Å². The Bertz CT molecular complexity index is 1330. The Kier molecular flexibility index (Phi) is 6.95. The Balaban J connectivity index is 1.36. The fourth-order valence-corrected chi connectivity index (χ4v) is 4.83. The van der Waals surface area contributed by atoms with Crippen molar-refractivity contribution in [1.29, 1.82) is 0 Å². The molecule has 2 N–H and O–H groups in total. The van der Waals surface area contributed by atoms with Crippen LogP contribution in [0.5, 0.6) is 5.75 Å². The van der Waals surface area contributed by atoms with Gasteiger partial charge in [0.2, 0.25) is 0 Å². The number of carbonyl (C=O) groups excluding carboxylic acids is 1. The third-order valence-corrected chi connectivity index (χ3v) is 6.46. The van der Waals surface area contributed by atoms with Crippen molar-refractivity contribution in [3.8, 4) is 5.75 Å². The Morgan fingerprint density at radius 2 is 1.81 bits per heavy atom. The number of para-hydroxylation sites is 1. The second kappa shape index (κ2) is 10.6. The van der Waals surface area contributed by atoms with Crippen molar-refractivity contribution in [2.75, 3.05) is 16.8 Å². The van der Waals surface area contributed by atoms with Gasteiger partial charge >= 0.3 is 0 Å². The third-order valence-electron chi connectivity index (χ3n) is 6.15. The van der Waals surface area contributed by atoms with Gasteiger partial charge in [-0.05, 0) is 79.8 Å². The highest BCUT2D eigenvalue weighted by molar-refractivity contribution is 7.80. The van der Waals surface area contributed by atoms with E-state index in [-0.39, 0.29) is 24.6 Å². The number of anilines is 2. The van der Waals surface area contributed by atoms with Crippen molar-refractivity contribution in [2.45, 2.75) is 25.6 Å². The van der Waals surface area contributed by atoms with Gasteiger partial charge in [0, 0.05) is 36.0 Å². The molecule has 0 bridgehead atoms. The molecule has 1 fully saturated rings. The van der Waals surface area contributed by atoms with Crippen LogP contribution in [-0.2, 0) is 11.3 Å². The van der Waals surface area contributed by atoms with Crippen LogP contribution in [0.1, 0.15) is 30.4 Å². The van der Waals surface area contributed by atoms with Crippen LogP contribution in [0.25, 0.3) is 0 Å². The van der Waals surface area contributed by atoms with Gasteiger partial charge in [-0.1, -0.05) is 24.3 Å². The molecule has 0 radical (unpaired) electrons. The number of thiocarbonyl (C=S) groups is 1. The minimum absolute atomic E-state index is 0.0618. The summed E-state index contributed by atoms with van der Waals surface area (Å²) in [7, 11) is 0. The van der Waals surface area contributed by atoms with Crippen LogP contribution in [0.4, 0.5) is 11.4 Å². The molecule has 5 rings (SSSR count). The number of pyridine rings is 1. The van der Waals surface area contributed by atoms with E-state index in [9.17, 15) is 4.79 Å². The molecule has 1 amide bonds. The lowest BCUT2D eigenvalue weighted by Crippen LogP contribution is -2.30. The molecule has 36 heavy (non-hydrogen) atoms. The van der Waals surface area contributed by atoms with E-state index in [0.717, 1.165) is 23.6 Å². The van der Waals surface area contributed by atoms with Gasteiger partial charge in [0.05, 0.1) is 11.7 Å². The van der Waals surface area contributed by atoms with Crippen LogP contribution in [-0.4, -0.2) is 27.2 Å². The van der Waals surface area contributed by atoms with Gasteiger partial charge in [0.1, 0.15) is 11.8 Å². The SMILES string of the molecule is CCn1cccc1[C@@H]1[C@@H](c2ccccn2)NC(=S)N1c1ccc(NC(=O)COc2ccccc2)cc1. The van der Waals surface area contributed by atoms with Crippen LogP contribution < -0.4 is 20.3 Å². The fraction of sp³-hybridized carbons (Fsp3) is 0.179. The maximum Gasteiger partial charge on any atom is 0.262 e. The lowest BCUT2D eigenvalue weighted by Gasteiger charge is -2.29. The summed E-state index contributed by atoms with van der Waals surface area (Å²) in [5.74, 6) is 0.433. The standard InChI is InChI=1S/C28H27N5O2S/c1-2-32-18-8-12-24(32)27-26(23-11-6-7-17-29-23)31-28(36)33(27)21-15-13-20(14-16-21)30-25(34)19-35-22-9-4-3-5-10-22/h3-18,26-27H,2,19H2,1H3,(H,30,34)(H,31,36)/t26-,27-/m1/s1. The van der Waals surface area contributed by atoms with E-state index >= 15 is 0 Å². The molecule has 0 aliphatic carbocycles. The van der Waals surface area contributed by atoms with E-state index in [0.29, 0.717) is 16.5 Å². The Labute approximate surface area is 215 Å². The minimum atomic E-state index is -0.223. The lowest BCUT2D eigenvalue weighted by molar-refractivity contribution is -0.118. The average Bonchev–Trinajstić information content (AvgIpc) is 3.53. The summed E-state index contributed by atoms with van der Waals surface area (Å²) >= 11 is 5.81. The second-order valence-electron chi connectivity index (χ2n) is 8.41. The summed E-state index contributed by atoms with van der Waals surface area (Å²) in [4.78, 5) is 19.1. The summed E-state index contributed by atoms with van der Waals surface area (Å²) in [5, 5.41) is 7.00. The van der Waals surface area contributed by atoms with Gasteiger partial charge in [0.25, 0.3) is 5.91 Å². The summed E-state index contributed by atoms with van der Waals surface area (Å²) in [5.41, 5.74) is 3.70. The number of hydrogen-bond donors (Lipinski definition) is 2. The maximum absolute atomic E-state index is 12.4. The summed E-state index contributed by atoms with van der Waals surface area (Å²) in [6.45, 7) is 2.92. The zero-order valence-corrected chi connectivity index (χ0v) is 20.7. The first kappa shape index (κ1) is 23.6. The van der Waals surface area contributed by atoms with Gasteiger partial charge in [-0.3, -0.25) is 9.78 Å². The Hall–Kier alpha value is -4.17. The predicted octanol–water partition coefficient (Wildman–Crippen LogP) is 5.10.